The first-order valence-corrected chi connectivity index (χ1v) is 45.5. The van der Waals surface area contributed by atoms with Crippen molar-refractivity contribution in [3.8, 4) is 0 Å². The Morgan fingerprint density at radius 2 is 0.505 bits per heavy atom. The van der Waals surface area contributed by atoms with Crippen LogP contribution >= 0.6 is 15.6 Å². The highest BCUT2D eigenvalue weighted by atomic mass is 31.2. The molecule has 0 heterocycles. The zero-order valence-corrected chi connectivity index (χ0v) is 68.0. The minimum Gasteiger partial charge on any atom is -0.462 e. The first-order chi connectivity index (χ1) is 48.9. The number of phosphoric ester groups is 2. The Morgan fingerprint density at radius 3 is 0.752 bits per heavy atom. The van der Waals surface area contributed by atoms with Gasteiger partial charge in [-0.2, -0.15) is 0 Å². The summed E-state index contributed by atoms with van der Waals surface area (Å²) in [7, 11) is -9.92. The summed E-state index contributed by atoms with van der Waals surface area (Å²) in [6, 6.07) is 0. The predicted octanol–water partition coefficient (Wildman–Crippen LogP) is 24.7. The first-order valence-electron chi connectivity index (χ1n) is 42.5. The van der Waals surface area contributed by atoms with Gasteiger partial charge >= 0.3 is 39.5 Å². The Balaban J connectivity index is 5.26. The number of phosphoric acid groups is 2. The van der Waals surface area contributed by atoms with Crippen molar-refractivity contribution in [2.75, 3.05) is 39.6 Å². The van der Waals surface area contributed by atoms with Crippen LogP contribution in [0.15, 0.2) is 0 Å². The summed E-state index contributed by atoms with van der Waals surface area (Å²) in [5.41, 5.74) is 0. The average molecular weight is 1480 g/mol. The van der Waals surface area contributed by atoms with Crippen molar-refractivity contribution in [3.05, 3.63) is 0 Å². The monoisotopic (exact) mass is 1480 g/mol. The highest BCUT2D eigenvalue weighted by Gasteiger charge is 2.30. The van der Waals surface area contributed by atoms with Gasteiger partial charge in [-0.3, -0.25) is 37.3 Å². The summed E-state index contributed by atoms with van der Waals surface area (Å²) in [5, 5.41) is 10.7. The molecule has 0 aromatic carbocycles. The van der Waals surface area contributed by atoms with Crippen molar-refractivity contribution in [1.29, 1.82) is 0 Å². The molecule has 0 saturated heterocycles. The van der Waals surface area contributed by atoms with Gasteiger partial charge in [0.1, 0.15) is 19.3 Å². The van der Waals surface area contributed by atoms with Crippen molar-refractivity contribution in [1.82, 2.24) is 0 Å². The number of aliphatic hydroxyl groups is 1. The van der Waals surface area contributed by atoms with Crippen LogP contribution in [-0.2, 0) is 65.4 Å². The Bertz CT molecular complexity index is 1940. The van der Waals surface area contributed by atoms with Gasteiger partial charge in [0.25, 0.3) is 0 Å². The highest BCUT2D eigenvalue weighted by molar-refractivity contribution is 7.47. The van der Waals surface area contributed by atoms with Gasteiger partial charge in [-0.15, -0.1) is 0 Å². The van der Waals surface area contributed by atoms with E-state index in [1.54, 1.807) is 0 Å². The third kappa shape index (κ3) is 74.7. The van der Waals surface area contributed by atoms with E-state index in [1.165, 1.54) is 250 Å². The SMILES string of the molecule is CCCCCCCCCCCCCCCCCCC(=O)OC[C@H](COP(=O)(O)OC[C@@H](O)COP(=O)(O)OC[C@@H](COC(=O)CCCCCCCCCCC(C)C)OC(=O)CCCCCCCCCCCCCCCCCC)OC(=O)CCCCCCCCCCCCCCCCC(C)CC. The van der Waals surface area contributed by atoms with Gasteiger partial charge in [0, 0.05) is 25.7 Å². The van der Waals surface area contributed by atoms with Gasteiger partial charge in [-0.25, -0.2) is 9.13 Å². The molecule has 0 fully saturated rings. The predicted molar refractivity (Wildman–Crippen MR) is 414 cm³/mol. The maximum absolute atomic E-state index is 13.1. The summed E-state index contributed by atoms with van der Waals surface area (Å²) in [6.45, 7) is 9.67. The van der Waals surface area contributed by atoms with Crippen LogP contribution in [0.4, 0.5) is 0 Å². The second kappa shape index (κ2) is 73.6. The molecule has 0 aliphatic carbocycles. The van der Waals surface area contributed by atoms with Crippen LogP contribution in [0.3, 0.4) is 0 Å². The molecule has 0 aromatic heterocycles. The standard InChI is InChI=1S/C82H160O17P2/c1-7-10-12-14-16-18-20-22-24-26-31-35-39-46-52-58-64-79(84)92-70-77(98-81(86)67-61-55-49-41-37-33-29-28-30-34-38-45-51-57-63-75(6)9-3)72-96-100(88,89)94-68-76(83)69-95-101(90,91)97-73-78(71-93-80(85)65-59-53-47-43-42-44-50-56-62-74(4)5)99-82(87)66-60-54-48-40-36-32-27-25-23-21-19-17-15-13-11-8-2/h74-78,83H,7-73H2,1-6H3,(H,88,89)(H,90,91)/t75?,76-,77-,78-/m1/s1. The Hall–Kier alpha value is -1.94. The molecular formula is C82H160O17P2. The van der Waals surface area contributed by atoms with Crippen molar-refractivity contribution in [2.45, 2.75) is 452 Å². The number of ether oxygens (including phenoxy) is 4. The van der Waals surface area contributed by atoms with Gasteiger partial charge in [0.15, 0.2) is 12.2 Å². The van der Waals surface area contributed by atoms with Crippen LogP contribution in [0.1, 0.15) is 433 Å². The van der Waals surface area contributed by atoms with E-state index in [4.69, 9.17) is 37.0 Å². The molecule has 0 radical (unpaired) electrons. The number of hydrogen-bond donors (Lipinski definition) is 3. The molecule has 600 valence electrons. The summed E-state index contributed by atoms with van der Waals surface area (Å²) in [4.78, 5) is 73.1. The molecule has 0 amide bonds. The zero-order valence-electron chi connectivity index (χ0n) is 66.2. The number of carbonyl (C=O) groups is 4. The van der Waals surface area contributed by atoms with Crippen LogP contribution in [0.25, 0.3) is 0 Å². The lowest BCUT2D eigenvalue weighted by molar-refractivity contribution is -0.161. The Labute approximate surface area is 619 Å². The number of hydrogen-bond acceptors (Lipinski definition) is 15. The summed E-state index contributed by atoms with van der Waals surface area (Å²) >= 11 is 0. The van der Waals surface area contributed by atoms with E-state index in [2.05, 4.69) is 41.5 Å². The molecule has 0 saturated carbocycles. The molecule has 6 atom stereocenters. The normalized spacial score (nSPS) is 14.2. The molecule has 3 N–H and O–H groups in total. The maximum Gasteiger partial charge on any atom is 0.472 e. The minimum absolute atomic E-state index is 0.108. The maximum atomic E-state index is 13.1. The largest absolute Gasteiger partial charge is 0.472 e. The fraction of sp³-hybridized carbons (Fsp3) is 0.951. The lowest BCUT2D eigenvalue weighted by Crippen LogP contribution is -2.30. The summed E-state index contributed by atoms with van der Waals surface area (Å²) < 4.78 is 68.8. The quantitative estimate of drug-likeness (QED) is 0.0222. The van der Waals surface area contributed by atoms with E-state index < -0.39 is 97.5 Å². The Kier molecular flexibility index (Phi) is 72.2. The lowest BCUT2D eigenvalue weighted by Gasteiger charge is -2.21. The number of aliphatic hydroxyl groups excluding tert-OH is 1. The van der Waals surface area contributed by atoms with Crippen molar-refractivity contribution in [3.63, 3.8) is 0 Å². The summed E-state index contributed by atoms with van der Waals surface area (Å²) in [5.74, 6) is -0.533. The van der Waals surface area contributed by atoms with Crippen molar-refractivity contribution < 1.29 is 80.2 Å². The van der Waals surface area contributed by atoms with Crippen LogP contribution in [0, 0.1) is 11.8 Å². The fourth-order valence-corrected chi connectivity index (χ4v) is 14.3. The molecule has 0 aliphatic heterocycles. The van der Waals surface area contributed by atoms with Crippen LogP contribution in [0.2, 0.25) is 0 Å². The van der Waals surface area contributed by atoms with Crippen LogP contribution < -0.4 is 0 Å². The number of unbranched alkanes of at least 4 members (excludes halogenated alkanes) is 50. The van der Waals surface area contributed by atoms with Crippen molar-refractivity contribution >= 4 is 39.5 Å². The molecule has 0 bridgehead atoms. The van der Waals surface area contributed by atoms with E-state index in [1.807, 2.05) is 0 Å². The van der Waals surface area contributed by atoms with E-state index in [9.17, 15) is 43.2 Å². The number of esters is 4. The van der Waals surface area contributed by atoms with Gasteiger partial charge in [-0.1, -0.05) is 382 Å². The second-order valence-corrected chi connectivity index (χ2v) is 33.1. The summed E-state index contributed by atoms with van der Waals surface area (Å²) in [6.07, 6.45) is 63.7. The molecular weight excluding hydrogens is 1320 g/mol. The van der Waals surface area contributed by atoms with Gasteiger partial charge in [0.05, 0.1) is 26.4 Å². The second-order valence-electron chi connectivity index (χ2n) is 30.2. The van der Waals surface area contributed by atoms with E-state index >= 15 is 0 Å². The molecule has 3 unspecified atom stereocenters. The van der Waals surface area contributed by atoms with Gasteiger partial charge < -0.3 is 33.8 Å². The van der Waals surface area contributed by atoms with E-state index in [0.717, 1.165) is 102 Å². The molecule has 17 nitrogen and oxygen atoms in total. The molecule has 101 heavy (non-hydrogen) atoms. The van der Waals surface area contributed by atoms with Crippen molar-refractivity contribution in [2.24, 2.45) is 11.8 Å². The molecule has 0 spiro atoms. The molecule has 19 heteroatoms. The average Bonchev–Trinajstić information content (AvgIpc) is 0.997. The lowest BCUT2D eigenvalue weighted by atomic mass is 9.99. The third-order valence-electron chi connectivity index (χ3n) is 19.6. The Morgan fingerprint density at radius 1 is 0.287 bits per heavy atom. The zero-order chi connectivity index (χ0) is 74.2. The molecule has 0 aliphatic rings. The topological polar surface area (TPSA) is 237 Å². The fourth-order valence-electron chi connectivity index (χ4n) is 12.7. The minimum atomic E-state index is -4.96. The van der Waals surface area contributed by atoms with Crippen LogP contribution in [0.5, 0.6) is 0 Å². The van der Waals surface area contributed by atoms with Crippen LogP contribution in [-0.4, -0.2) is 96.7 Å². The number of carbonyl (C=O) groups excluding carboxylic acids is 4. The van der Waals surface area contributed by atoms with Gasteiger partial charge in [0.2, 0.25) is 0 Å². The molecule has 0 rings (SSSR count). The van der Waals surface area contributed by atoms with Gasteiger partial charge in [-0.05, 0) is 37.5 Å². The van der Waals surface area contributed by atoms with E-state index in [-0.39, 0.29) is 25.7 Å². The third-order valence-corrected chi connectivity index (χ3v) is 21.5. The molecule has 0 aromatic rings. The van der Waals surface area contributed by atoms with E-state index in [0.29, 0.717) is 25.7 Å². The first kappa shape index (κ1) is 99.1. The smallest absolute Gasteiger partial charge is 0.462 e. The number of rotatable bonds is 81. The highest BCUT2D eigenvalue weighted by Crippen LogP contribution is 2.45.